The molecule has 0 aliphatic heterocycles. The van der Waals surface area contributed by atoms with Gasteiger partial charge in [0.2, 0.25) is 0 Å². The molecule has 0 unspecified atom stereocenters. The van der Waals surface area contributed by atoms with Crippen molar-refractivity contribution in [1.82, 2.24) is 0 Å². The van der Waals surface area contributed by atoms with Crippen molar-refractivity contribution >= 4 is 34.0 Å². The van der Waals surface area contributed by atoms with Crippen LogP contribution in [0.1, 0.15) is 42.4 Å². The highest BCUT2D eigenvalue weighted by Crippen LogP contribution is 2.44. The van der Waals surface area contributed by atoms with Crippen LogP contribution in [0.2, 0.25) is 0 Å². The van der Waals surface area contributed by atoms with Crippen LogP contribution in [0.4, 0.5) is 48.3 Å². The summed E-state index contributed by atoms with van der Waals surface area (Å²) in [7, 11) is 0. The molecule has 0 spiro atoms. The Bertz CT molecular complexity index is 1200. The normalized spacial score (nSPS) is 13.9. The van der Waals surface area contributed by atoms with Crippen molar-refractivity contribution < 1.29 is 48.3 Å². The molecule has 212 valence electrons. The molecule has 0 nitrogen and oxygen atoms in total. The summed E-state index contributed by atoms with van der Waals surface area (Å²) in [5, 5.41) is 0. The van der Waals surface area contributed by atoms with Crippen molar-refractivity contribution in [2.24, 2.45) is 0 Å². The Morgan fingerprint density at radius 2 is 0.842 bits per heavy atom. The second-order valence-electron chi connectivity index (χ2n) is 8.97. The van der Waals surface area contributed by atoms with E-state index in [-0.39, 0.29) is 9.75 Å². The Hall–Kier alpha value is -1.67. The first-order valence-electron chi connectivity index (χ1n) is 11.1. The standard InChI is InChI=1S/C24H21F11S3/c1-2-20(25,26)11-21(27,28)9-14-3-5-16(36-14)18-7-8-19(38-18)17-6-4-15(37-17)10-22(29,30)12-23(31,32)13-24(33,34)35/h3-8H,2,9-13H2,1H3. The van der Waals surface area contributed by atoms with E-state index in [1.54, 1.807) is 18.2 Å². The molecule has 0 bridgehead atoms. The van der Waals surface area contributed by atoms with E-state index >= 15 is 0 Å². The van der Waals surface area contributed by atoms with E-state index in [0.717, 1.165) is 29.6 Å². The van der Waals surface area contributed by atoms with Crippen molar-refractivity contribution in [2.75, 3.05) is 0 Å². The van der Waals surface area contributed by atoms with Crippen molar-refractivity contribution in [1.29, 1.82) is 0 Å². The quantitative estimate of drug-likeness (QED) is 0.178. The number of halogens is 11. The van der Waals surface area contributed by atoms with Gasteiger partial charge in [-0.2, -0.15) is 13.2 Å². The molecule has 0 N–H and O–H groups in total. The van der Waals surface area contributed by atoms with E-state index in [2.05, 4.69) is 0 Å². The second kappa shape index (κ2) is 11.1. The van der Waals surface area contributed by atoms with Crippen LogP contribution < -0.4 is 0 Å². The maximum Gasteiger partial charge on any atom is 0.394 e. The predicted molar refractivity (Wildman–Crippen MR) is 128 cm³/mol. The average molecular weight is 615 g/mol. The lowest BCUT2D eigenvalue weighted by atomic mass is 10.0. The van der Waals surface area contributed by atoms with Crippen molar-refractivity contribution in [3.05, 3.63) is 46.2 Å². The second-order valence-corrected chi connectivity index (χ2v) is 12.4. The highest BCUT2D eigenvalue weighted by atomic mass is 32.1. The lowest BCUT2D eigenvalue weighted by molar-refractivity contribution is -0.205. The third kappa shape index (κ3) is 9.22. The smallest absolute Gasteiger partial charge is 0.207 e. The summed E-state index contributed by atoms with van der Waals surface area (Å²) in [5.41, 5.74) is 0. The number of thiophene rings is 3. The minimum Gasteiger partial charge on any atom is -0.207 e. The molecule has 3 rings (SSSR count). The number of hydrogen-bond donors (Lipinski definition) is 0. The van der Waals surface area contributed by atoms with Gasteiger partial charge in [0.25, 0.3) is 23.7 Å². The minimum absolute atomic E-state index is 0.00674. The van der Waals surface area contributed by atoms with Crippen LogP contribution in [0, 0.1) is 0 Å². The molecule has 0 amide bonds. The van der Waals surface area contributed by atoms with Gasteiger partial charge in [0, 0.05) is 48.5 Å². The van der Waals surface area contributed by atoms with Gasteiger partial charge in [-0.25, -0.2) is 35.1 Å². The molecule has 0 saturated carbocycles. The van der Waals surface area contributed by atoms with Crippen molar-refractivity contribution in [3.8, 4) is 19.5 Å². The summed E-state index contributed by atoms with van der Waals surface area (Å²) in [6.07, 6.45) is -14.4. The van der Waals surface area contributed by atoms with E-state index in [4.69, 9.17) is 0 Å². The summed E-state index contributed by atoms with van der Waals surface area (Å²) < 4.78 is 147. The van der Waals surface area contributed by atoms with Crippen molar-refractivity contribution in [3.63, 3.8) is 0 Å². The zero-order valence-electron chi connectivity index (χ0n) is 19.6. The molecule has 0 aliphatic rings. The van der Waals surface area contributed by atoms with Gasteiger partial charge >= 0.3 is 6.18 Å². The summed E-state index contributed by atoms with van der Waals surface area (Å²) in [6.45, 7) is 1.13. The summed E-state index contributed by atoms with van der Waals surface area (Å²) in [6, 6.07) is 9.09. The fourth-order valence-corrected chi connectivity index (χ4v) is 7.05. The molecule has 0 saturated heterocycles. The molecule has 3 aromatic heterocycles. The van der Waals surface area contributed by atoms with Crippen LogP contribution in [-0.2, 0) is 12.8 Å². The molecule has 0 radical (unpaired) electrons. The predicted octanol–water partition coefficient (Wildman–Crippen LogP) is 11.0. The third-order valence-electron chi connectivity index (χ3n) is 5.29. The van der Waals surface area contributed by atoms with Gasteiger partial charge < -0.3 is 0 Å². The average Bonchev–Trinajstić information content (AvgIpc) is 3.43. The summed E-state index contributed by atoms with van der Waals surface area (Å²) in [4.78, 5) is 2.61. The van der Waals surface area contributed by atoms with Gasteiger partial charge in [-0.15, -0.1) is 34.0 Å². The lowest BCUT2D eigenvalue weighted by Crippen LogP contribution is -2.34. The molecular weight excluding hydrogens is 593 g/mol. The molecule has 0 fully saturated rings. The SMILES string of the molecule is CCC(F)(F)CC(F)(F)Cc1ccc(-c2ccc(-c3ccc(CC(F)(F)CC(F)(F)CC(F)(F)F)s3)s2)s1. The van der Waals surface area contributed by atoms with Gasteiger partial charge in [-0.3, -0.25) is 0 Å². The van der Waals surface area contributed by atoms with E-state index in [1.807, 2.05) is 0 Å². The van der Waals surface area contributed by atoms with Gasteiger partial charge in [0.15, 0.2) is 0 Å². The highest BCUT2D eigenvalue weighted by molar-refractivity contribution is 7.26. The zero-order chi connectivity index (χ0) is 28.6. The van der Waals surface area contributed by atoms with Gasteiger partial charge in [0.05, 0.1) is 12.8 Å². The molecule has 14 heteroatoms. The Morgan fingerprint density at radius 3 is 1.24 bits per heavy atom. The molecular formula is C24H21F11S3. The molecule has 0 atom stereocenters. The van der Waals surface area contributed by atoms with Crippen LogP contribution in [-0.4, -0.2) is 29.9 Å². The zero-order valence-corrected chi connectivity index (χ0v) is 22.0. The van der Waals surface area contributed by atoms with Gasteiger partial charge in [-0.1, -0.05) is 6.92 Å². The minimum atomic E-state index is -5.28. The van der Waals surface area contributed by atoms with Crippen LogP contribution in [0.25, 0.3) is 19.5 Å². The van der Waals surface area contributed by atoms with Crippen molar-refractivity contribution in [2.45, 2.75) is 75.3 Å². The van der Waals surface area contributed by atoms with Crippen LogP contribution in [0.5, 0.6) is 0 Å². The van der Waals surface area contributed by atoms with Gasteiger partial charge in [0.1, 0.15) is 6.42 Å². The lowest BCUT2D eigenvalue weighted by Gasteiger charge is -2.23. The van der Waals surface area contributed by atoms with E-state index in [1.165, 1.54) is 29.5 Å². The van der Waals surface area contributed by atoms with Crippen LogP contribution in [0.15, 0.2) is 36.4 Å². The Labute approximate surface area is 223 Å². The third-order valence-corrected chi connectivity index (χ3v) is 8.94. The highest BCUT2D eigenvalue weighted by Gasteiger charge is 2.50. The molecule has 38 heavy (non-hydrogen) atoms. The Balaban J connectivity index is 1.66. The van der Waals surface area contributed by atoms with Gasteiger partial charge in [-0.05, 0) is 36.4 Å². The summed E-state index contributed by atoms with van der Waals surface area (Å²) in [5.74, 6) is -15.7. The maximum absolute atomic E-state index is 14.1. The Kier molecular flexibility index (Phi) is 8.99. The van der Waals surface area contributed by atoms with E-state index < -0.39 is 68.4 Å². The van der Waals surface area contributed by atoms with Crippen LogP contribution >= 0.6 is 34.0 Å². The molecule has 3 aromatic rings. The monoisotopic (exact) mass is 614 g/mol. The molecule has 0 aliphatic carbocycles. The number of hydrogen-bond acceptors (Lipinski definition) is 3. The molecule has 3 heterocycles. The number of alkyl halides is 11. The van der Waals surface area contributed by atoms with Crippen LogP contribution in [0.3, 0.4) is 0 Å². The van der Waals surface area contributed by atoms with E-state index in [9.17, 15) is 48.3 Å². The maximum atomic E-state index is 14.1. The summed E-state index contributed by atoms with van der Waals surface area (Å²) >= 11 is 3.11. The Morgan fingerprint density at radius 1 is 0.474 bits per heavy atom. The first-order valence-corrected chi connectivity index (χ1v) is 13.6. The fraction of sp³-hybridized carbons (Fsp3) is 0.500. The molecule has 0 aromatic carbocycles. The van der Waals surface area contributed by atoms with E-state index in [0.29, 0.717) is 19.5 Å². The first-order chi connectivity index (χ1) is 17.3. The number of rotatable bonds is 12. The largest absolute Gasteiger partial charge is 0.394 e. The first kappa shape index (κ1) is 30.9. The topological polar surface area (TPSA) is 0 Å². The fourth-order valence-electron chi connectivity index (χ4n) is 3.69.